The minimum atomic E-state index is -4.75. The minimum absolute atomic E-state index is 0.0545. The third kappa shape index (κ3) is 5.89. The van der Waals surface area contributed by atoms with Crippen LogP contribution < -0.4 is 5.32 Å². The van der Waals surface area contributed by atoms with Crippen molar-refractivity contribution in [2.24, 2.45) is 0 Å². The number of hydrogen-bond acceptors (Lipinski definition) is 6. The molecule has 2 N–H and O–H groups in total. The van der Waals surface area contributed by atoms with E-state index in [1.165, 1.54) is 18.2 Å². The van der Waals surface area contributed by atoms with Gasteiger partial charge < -0.3 is 10.4 Å². The van der Waals surface area contributed by atoms with Crippen LogP contribution in [0.1, 0.15) is 22.3 Å². The number of halogens is 5. The number of anilines is 1. The molecule has 0 radical (unpaired) electrons. The molecule has 0 aliphatic heterocycles. The average Bonchev–Trinajstić information content (AvgIpc) is 2.83. The highest BCUT2D eigenvalue weighted by Crippen LogP contribution is 2.33. The summed E-state index contributed by atoms with van der Waals surface area (Å²) in [4.78, 5) is 12.5. The van der Waals surface area contributed by atoms with Gasteiger partial charge in [-0.15, -0.1) is 0 Å². The van der Waals surface area contributed by atoms with Gasteiger partial charge >= 0.3 is 6.18 Å². The summed E-state index contributed by atoms with van der Waals surface area (Å²) in [6, 6.07) is 11.8. The summed E-state index contributed by atoms with van der Waals surface area (Å²) in [7, 11) is -4.66. The molecule has 0 heterocycles. The second-order valence-corrected chi connectivity index (χ2v) is 10.1. The van der Waals surface area contributed by atoms with Crippen molar-refractivity contribution in [2.45, 2.75) is 16.7 Å². The van der Waals surface area contributed by atoms with Gasteiger partial charge in [0.25, 0.3) is 5.91 Å². The zero-order chi connectivity index (χ0) is 27.6. The molecule has 0 fully saturated rings. The first-order chi connectivity index (χ1) is 17.2. The Balaban J connectivity index is 2.08. The molecule has 190 valence electrons. The van der Waals surface area contributed by atoms with Crippen molar-refractivity contribution in [3.05, 3.63) is 93.8 Å². The molecule has 0 aliphatic rings. The van der Waals surface area contributed by atoms with E-state index < -0.39 is 60.7 Å². The van der Waals surface area contributed by atoms with E-state index >= 15 is 0 Å². The highest BCUT2D eigenvalue weighted by molar-refractivity contribution is 7.91. The number of nitrogens with zero attached hydrogens (tertiary/aromatic N) is 2. The van der Waals surface area contributed by atoms with Crippen molar-refractivity contribution in [1.82, 2.24) is 0 Å². The van der Waals surface area contributed by atoms with Gasteiger partial charge in [0.1, 0.15) is 18.0 Å². The Morgan fingerprint density at radius 2 is 1.51 bits per heavy atom. The van der Waals surface area contributed by atoms with Crippen LogP contribution in [0.5, 0.6) is 0 Å². The third-order valence-electron chi connectivity index (χ3n) is 5.23. The van der Waals surface area contributed by atoms with Crippen LogP contribution in [-0.4, -0.2) is 25.2 Å². The van der Waals surface area contributed by atoms with Crippen LogP contribution in [-0.2, 0) is 26.4 Å². The number of rotatable bonds is 6. The minimum Gasteiger partial charge on any atom is -0.374 e. The van der Waals surface area contributed by atoms with Gasteiger partial charge in [0.05, 0.1) is 32.4 Å². The largest absolute Gasteiger partial charge is 0.416 e. The summed E-state index contributed by atoms with van der Waals surface area (Å²) in [6.45, 7) is 0. The van der Waals surface area contributed by atoms with Gasteiger partial charge in [-0.1, -0.05) is 23.7 Å². The molecule has 0 saturated heterocycles. The van der Waals surface area contributed by atoms with Crippen LogP contribution >= 0.6 is 11.6 Å². The van der Waals surface area contributed by atoms with Gasteiger partial charge in [-0.3, -0.25) is 4.79 Å². The van der Waals surface area contributed by atoms with E-state index in [4.69, 9.17) is 22.1 Å². The van der Waals surface area contributed by atoms with E-state index in [2.05, 4.69) is 5.32 Å². The predicted octanol–water partition coefficient (Wildman–Crippen LogP) is 4.54. The highest BCUT2D eigenvalue weighted by atomic mass is 35.5. The second-order valence-electron chi connectivity index (χ2n) is 7.71. The summed E-state index contributed by atoms with van der Waals surface area (Å²) in [5, 5.41) is 31.3. The van der Waals surface area contributed by atoms with Crippen LogP contribution in [0, 0.1) is 28.5 Å². The zero-order valence-corrected chi connectivity index (χ0v) is 19.9. The second kappa shape index (κ2) is 10.2. The van der Waals surface area contributed by atoms with E-state index in [0.717, 1.165) is 30.3 Å². The number of alkyl halides is 3. The summed E-state index contributed by atoms with van der Waals surface area (Å²) in [5.74, 6) is -3.92. The topological polar surface area (TPSA) is 131 Å². The maximum Gasteiger partial charge on any atom is 0.416 e. The normalized spacial score (nSPS) is 13.2. The van der Waals surface area contributed by atoms with Gasteiger partial charge in [-0.2, -0.15) is 23.7 Å². The molecule has 3 aromatic rings. The van der Waals surface area contributed by atoms with Crippen molar-refractivity contribution in [3.8, 4) is 12.1 Å². The van der Waals surface area contributed by atoms with Gasteiger partial charge in [0, 0.05) is 5.69 Å². The van der Waals surface area contributed by atoms with Crippen LogP contribution in [0.3, 0.4) is 0 Å². The number of nitrogens with one attached hydrogen (secondary N) is 1. The first kappa shape index (κ1) is 27.6. The lowest BCUT2D eigenvalue weighted by atomic mass is 9.93. The number of benzene rings is 3. The van der Waals surface area contributed by atoms with Crippen LogP contribution in [0.2, 0.25) is 5.02 Å². The summed E-state index contributed by atoms with van der Waals surface area (Å²) < 4.78 is 79.3. The fourth-order valence-electron chi connectivity index (χ4n) is 3.27. The molecule has 0 spiro atoms. The Labute approximate surface area is 213 Å². The van der Waals surface area contributed by atoms with Crippen LogP contribution in [0.15, 0.2) is 65.6 Å². The van der Waals surface area contributed by atoms with E-state index in [0.29, 0.717) is 18.2 Å². The molecule has 0 aliphatic carbocycles. The van der Waals surface area contributed by atoms with Crippen molar-refractivity contribution in [3.63, 3.8) is 0 Å². The van der Waals surface area contributed by atoms with Gasteiger partial charge in [-0.25, -0.2) is 12.8 Å². The van der Waals surface area contributed by atoms with Crippen molar-refractivity contribution in [1.29, 1.82) is 10.5 Å². The molecule has 3 rings (SSSR count). The molecule has 3 aromatic carbocycles. The smallest absolute Gasteiger partial charge is 0.374 e. The molecule has 1 unspecified atom stereocenters. The molecule has 1 amide bonds. The molecule has 37 heavy (non-hydrogen) atoms. The number of carbonyl (C=O) groups is 1. The fourth-order valence-corrected chi connectivity index (χ4v) is 5.07. The molecule has 13 heteroatoms. The van der Waals surface area contributed by atoms with Crippen LogP contribution in [0.25, 0.3) is 0 Å². The number of hydrogen-bond donors (Lipinski definition) is 2. The van der Waals surface area contributed by atoms with E-state index in [-0.39, 0.29) is 16.3 Å². The molecule has 1 atom stereocenters. The van der Waals surface area contributed by atoms with E-state index in [1.54, 1.807) is 6.07 Å². The third-order valence-corrected chi connectivity index (χ3v) is 7.31. The maximum absolute atomic E-state index is 14.1. The Bertz CT molecular complexity index is 1560. The lowest BCUT2D eigenvalue weighted by Crippen LogP contribution is -2.46. The molecule has 0 aromatic heterocycles. The number of nitriles is 2. The maximum atomic E-state index is 14.1. The van der Waals surface area contributed by atoms with Crippen molar-refractivity contribution in [2.75, 3.05) is 11.1 Å². The zero-order valence-electron chi connectivity index (χ0n) is 18.3. The monoisotopic (exact) mass is 551 g/mol. The summed E-state index contributed by atoms with van der Waals surface area (Å²) in [5.41, 5.74) is -5.03. The molecular weight excluding hydrogens is 538 g/mol. The van der Waals surface area contributed by atoms with Crippen LogP contribution in [0.4, 0.5) is 23.2 Å². The van der Waals surface area contributed by atoms with Crippen molar-refractivity contribution < 1.29 is 35.9 Å². The van der Waals surface area contributed by atoms with Gasteiger partial charge in [-0.05, 0) is 54.1 Å². The number of carbonyl (C=O) groups excluding carboxylic acids is 1. The highest BCUT2D eigenvalue weighted by Gasteiger charge is 2.44. The lowest BCUT2D eigenvalue weighted by molar-refractivity contribution is -0.137. The Morgan fingerprint density at radius 1 is 0.946 bits per heavy atom. The standard InChI is InChI=1S/C24H14ClF4N3O4S/c25-20-9-18(7-1-14(20)11-30)32-22(33)23(34,16-3-5-17(6-4-16)24(27,28)29)13-37(35,36)19-8-2-15(12-31)21(26)10-19/h1-10,34H,13H2,(H,32,33). The van der Waals surface area contributed by atoms with Gasteiger partial charge in [0.2, 0.25) is 0 Å². The lowest BCUT2D eigenvalue weighted by Gasteiger charge is -2.28. The molecule has 7 nitrogen and oxygen atoms in total. The number of aliphatic hydroxyl groups is 1. The fraction of sp³-hybridized carbons (Fsp3) is 0.125. The number of amides is 1. The van der Waals surface area contributed by atoms with E-state index in [1.807, 2.05) is 0 Å². The SMILES string of the molecule is N#Cc1ccc(S(=O)(=O)CC(O)(C(=O)Nc2ccc(C#N)c(Cl)c2)c2ccc(C(F)(F)F)cc2)cc1F. The number of sulfone groups is 1. The van der Waals surface area contributed by atoms with E-state index in [9.17, 15) is 35.9 Å². The van der Waals surface area contributed by atoms with Gasteiger partial charge in [0.15, 0.2) is 15.4 Å². The Morgan fingerprint density at radius 3 is 2.03 bits per heavy atom. The molecular formula is C24H14ClF4N3O4S. The molecule has 0 bridgehead atoms. The quantitative estimate of drug-likeness (QED) is 0.432. The Kier molecular flexibility index (Phi) is 7.60. The summed E-state index contributed by atoms with van der Waals surface area (Å²) in [6.07, 6.45) is -4.75. The first-order valence-corrected chi connectivity index (χ1v) is 12.1. The predicted molar refractivity (Wildman–Crippen MR) is 123 cm³/mol. The Hall–Kier alpha value is -3.97. The average molecular weight is 552 g/mol. The molecule has 0 saturated carbocycles. The first-order valence-electron chi connectivity index (χ1n) is 10.0. The van der Waals surface area contributed by atoms with Crippen molar-refractivity contribution >= 4 is 33.0 Å². The summed E-state index contributed by atoms with van der Waals surface area (Å²) >= 11 is 5.93.